The second-order valence-corrected chi connectivity index (χ2v) is 6.80. The number of hydrogen-bond acceptors (Lipinski definition) is 4. The van der Waals surface area contributed by atoms with Crippen molar-refractivity contribution in [3.63, 3.8) is 0 Å². The molecule has 0 bridgehead atoms. The first-order valence-electron chi connectivity index (χ1n) is 7.31. The van der Waals surface area contributed by atoms with Gasteiger partial charge in [0, 0.05) is 22.9 Å². The van der Waals surface area contributed by atoms with Crippen LogP contribution in [0.1, 0.15) is 34.0 Å². The van der Waals surface area contributed by atoms with Crippen LogP contribution in [0.25, 0.3) is 0 Å². The zero-order valence-electron chi connectivity index (χ0n) is 12.6. The van der Waals surface area contributed by atoms with Crippen LogP contribution in [0.2, 0.25) is 0 Å². The van der Waals surface area contributed by atoms with Gasteiger partial charge in [-0.1, -0.05) is 18.2 Å². The van der Waals surface area contributed by atoms with Crippen LogP contribution in [-0.4, -0.2) is 30.4 Å². The monoisotopic (exact) mass is 335 g/mol. The Morgan fingerprint density at radius 1 is 1.27 bits per heavy atom. The van der Waals surface area contributed by atoms with Crippen LogP contribution >= 0.6 is 23.1 Å². The fourth-order valence-electron chi connectivity index (χ4n) is 2.40. The quantitative estimate of drug-likeness (QED) is 0.722. The van der Waals surface area contributed by atoms with Crippen LogP contribution in [0, 0.1) is 0 Å². The van der Waals surface area contributed by atoms with Gasteiger partial charge in [0.2, 0.25) is 0 Å². The average molecular weight is 335 g/mol. The van der Waals surface area contributed by atoms with Crippen molar-refractivity contribution in [2.45, 2.75) is 23.7 Å². The maximum atomic E-state index is 12.3. The molecule has 0 fully saturated rings. The number of thiophene rings is 1. The zero-order valence-corrected chi connectivity index (χ0v) is 14.3. The molecule has 0 unspecified atom stereocenters. The Bertz CT molecular complexity index is 584. The minimum atomic E-state index is -0.0288. The maximum absolute atomic E-state index is 12.3. The molecule has 0 radical (unpaired) electrons. The number of aliphatic hydroxyl groups excluding tert-OH is 1. The Hall–Kier alpha value is -1.30. The van der Waals surface area contributed by atoms with Gasteiger partial charge in [-0.25, -0.2) is 0 Å². The highest BCUT2D eigenvalue weighted by Gasteiger charge is 2.14. The highest BCUT2D eigenvalue weighted by atomic mass is 32.2. The molecule has 0 aliphatic carbocycles. The molecule has 0 aliphatic rings. The molecule has 0 saturated carbocycles. The molecule has 5 heteroatoms. The van der Waals surface area contributed by atoms with Crippen LogP contribution in [0.4, 0.5) is 0 Å². The Morgan fingerprint density at radius 3 is 2.77 bits per heavy atom. The van der Waals surface area contributed by atoms with Crippen LogP contribution in [0.5, 0.6) is 0 Å². The Kier molecular flexibility index (Phi) is 6.96. The van der Waals surface area contributed by atoms with E-state index in [0.29, 0.717) is 12.5 Å². The molecular formula is C17H21NO2S2. The SMILES string of the molecule is CSc1ccccc1C(=O)NCC[C@H](CCO)c1cccs1. The summed E-state index contributed by atoms with van der Waals surface area (Å²) >= 11 is 3.28. The first kappa shape index (κ1) is 17.1. The molecule has 0 spiro atoms. The lowest BCUT2D eigenvalue weighted by Gasteiger charge is -2.15. The molecule has 1 heterocycles. The molecule has 118 valence electrons. The number of carbonyl (C=O) groups excluding carboxylic acids is 1. The Morgan fingerprint density at radius 2 is 2.09 bits per heavy atom. The normalized spacial score (nSPS) is 12.1. The third kappa shape index (κ3) is 4.60. The number of benzene rings is 1. The van der Waals surface area contributed by atoms with E-state index in [0.717, 1.165) is 23.3 Å². The van der Waals surface area contributed by atoms with Gasteiger partial charge >= 0.3 is 0 Å². The number of hydrogen-bond donors (Lipinski definition) is 2. The standard InChI is InChI=1S/C17H21NO2S2/c1-21-16-6-3-2-5-14(16)17(20)18-10-8-13(9-11-19)15-7-4-12-22-15/h2-7,12-13,19H,8-11H2,1H3,(H,18,20)/t13-/m1/s1. The van der Waals surface area contributed by atoms with Crippen molar-refractivity contribution < 1.29 is 9.90 Å². The van der Waals surface area contributed by atoms with Crippen molar-refractivity contribution in [1.29, 1.82) is 0 Å². The van der Waals surface area contributed by atoms with Crippen LogP contribution in [-0.2, 0) is 0 Å². The first-order chi connectivity index (χ1) is 10.8. The number of thioether (sulfide) groups is 1. The summed E-state index contributed by atoms with van der Waals surface area (Å²) in [6.45, 7) is 0.788. The summed E-state index contributed by atoms with van der Waals surface area (Å²) in [5, 5.41) is 14.2. The predicted octanol–water partition coefficient (Wildman–Crippen LogP) is 3.76. The largest absolute Gasteiger partial charge is 0.396 e. The summed E-state index contributed by atoms with van der Waals surface area (Å²) in [6.07, 6.45) is 3.55. The summed E-state index contributed by atoms with van der Waals surface area (Å²) in [6, 6.07) is 11.8. The molecule has 1 atom stereocenters. The van der Waals surface area contributed by atoms with E-state index in [4.69, 9.17) is 0 Å². The maximum Gasteiger partial charge on any atom is 0.252 e. The van der Waals surface area contributed by atoms with Gasteiger partial charge in [-0.15, -0.1) is 23.1 Å². The summed E-state index contributed by atoms with van der Waals surface area (Å²) < 4.78 is 0. The molecule has 2 N–H and O–H groups in total. The van der Waals surface area contributed by atoms with Gasteiger partial charge in [0.1, 0.15) is 0 Å². The molecule has 1 aromatic carbocycles. The number of nitrogens with one attached hydrogen (secondary N) is 1. The molecule has 2 rings (SSSR count). The highest BCUT2D eigenvalue weighted by Crippen LogP contribution is 2.27. The molecule has 1 amide bonds. The van der Waals surface area contributed by atoms with E-state index in [1.54, 1.807) is 23.1 Å². The van der Waals surface area contributed by atoms with Crippen LogP contribution in [0.15, 0.2) is 46.7 Å². The summed E-state index contributed by atoms with van der Waals surface area (Å²) in [5.74, 6) is 0.278. The molecular weight excluding hydrogens is 314 g/mol. The van der Waals surface area contributed by atoms with E-state index in [1.165, 1.54) is 4.88 Å². The summed E-state index contributed by atoms with van der Waals surface area (Å²) in [5.41, 5.74) is 0.727. The van der Waals surface area contributed by atoms with Crippen molar-refractivity contribution in [2.24, 2.45) is 0 Å². The summed E-state index contributed by atoms with van der Waals surface area (Å²) in [4.78, 5) is 14.5. The second-order valence-electron chi connectivity index (χ2n) is 4.97. The minimum Gasteiger partial charge on any atom is -0.396 e. The number of rotatable bonds is 8. The zero-order chi connectivity index (χ0) is 15.8. The van der Waals surface area contributed by atoms with E-state index in [9.17, 15) is 9.90 Å². The molecule has 3 nitrogen and oxygen atoms in total. The lowest BCUT2D eigenvalue weighted by atomic mass is 10.00. The van der Waals surface area contributed by atoms with Crippen molar-refractivity contribution in [3.8, 4) is 0 Å². The predicted molar refractivity (Wildman–Crippen MR) is 93.9 cm³/mol. The van der Waals surface area contributed by atoms with Crippen molar-refractivity contribution in [3.05, 3.63) is 52.2 Å². The number of aliphatic hydroxyl groups is 1. The third-order valence-electron chi connectivity index (χ3n) is 3.55. The lowest BCUT2D eigenvalue weighted by molar-refractivity contribution is 0.0949. The molecule has 0 aliphatic heterocycles. The van der Waals surface area contributed by atoms with E-state index in [1.807, 2.05) is 42.0 Å². The van der Waals surface area contributed by atoms with Gasteiger partial charge < -0.3 is 10.4 Å². The van der Waals surface area contributed by atoms with Crippen LogP contribution in [0.3, 0.4) is 0 Å². The van der Waals surface area contributed by atoms with Gasteiger partial charge in [-0.3, -0.25) is 4.79 Å². The molecule has 1 aromatic heterocycles. The highest BCUT2D eigenvalue weighted by molar-refractivity contribution is 7.98. The Balaban J connectivity index is 1.90. The molecule has 0 saturated heterocycles. The molecule has 22 heavy (non-hydrogen) atoms. The number of amides is 1. The van der Waals surface area contributed by atoms with E-state index in [2.05, 4.69) is 11.4 Å². The summed E-state index contributed by atoms with van der Waals surface area (Å²) in [7, 11) is 0. The van der Waals surface area contributed by atoms with Gasteiger partial charge in [-0.2, -0.15) is 0 Å². The van der Waals surface area contributed by atoms with Crippen molar-refractivity contribution in [1.82, 2.24) is 5.32 Å². The van der Waals surface area contributed by atoms with Gasteiger partial charge in [0.15, 0.2) is 0 Å². The van der Waals surface area contributed by atoms with E-state index >= 15 is 0 Å². The van der Waals surface area contributed by atoms with Gasteiger partial charge in [-0.05, 0) is 48.6 Å². The number of carbonyl (C=O) groups is 1. The topological polar surface area (TPSA) is 49.3 Å². The van der Waals surface area contributed by atoms with Crippen molar-refractivity contribution >= 4 is 29.0 Å². The van der Waals surface area contributed by atoms with Crippen LogP contribution < -0.4 is 5.32 Å². The average Bonchev–Trinajstić information content (AvgIpc) is 3.08. The fourth-order valence-corrected chi connectivity index (χ4v) is 3.89. The van der Waals surface area contributed by atoms with Gasteiger partial charge in [0.25, 0.3) is 5.91 Å². The van der Waals surface area contributed by atoms with Gasteiger partial charge in [0.05, 0.1) is 5.56 Å². The third-order valence-corrected chi connectivity index (χ3v) is 5.38. The van der Waals surface area contributed by atoms with E-state index < -0.39 is 0 Å². The fraction of sp³-hybridized carbons (Fsp3) is 0.353. The Labute approximate surface area is 139 Å². The second kappa shape index (κ2) is 8.98. The lowest BCUT2D eigenvalue weighted by Crippen LogP contribution is -2.26. The minimum absolute atomic E-state index is 0.0288. The molecule has 2 aromatic rings. The first-order valence-corrected chi connectivity index (χ1v) is 9.42. The van der Waals surface area contributed by atoms with E-state index in [-0.39, 0.29) is 12.5 Å². The smallest absolute Gasteiger partial charge is 0.252 e. The van der Waals surface area contributed by atoms with Crippen molar-refractivity contribution in [2.75, 3.05) is 19.4 Å².